The summed E-state index contributed by atoms with van der Waals surface area (Å²) in [5, 5.41) is 15.2. The lowest BCUT2D eigenvalue weighted by molar-refractivity contribution is -0.122. The quantitative estimate of drug-likeness (QED) is 0.780. The Bertz CT molecular complexity index is 644. The van der Waals surface area contributed by atoms with E-state index in [1.54, 1.807) is 0 Å². The summed E-state index contributed by atoms with van der Waals surface area (Å²) < 4.78 is 14.0. The predicted molar refractivity (Wildman–Crippen MR) is 93.6 cm³/mol. The molecule has 0 aromatic heterocycles. The van der Waals surface area contributed by atoms with Gasteiger partial charge in [0.2, 0.25) is 11.8 Å². The first kappa shape index (κ1) is 17.9. The van der Waals surface area contributed by atoms with Crippen molar-refractivity contribution >= 4 is 23.2 Å². The Hall–Kier alpha value is -1.95. The van der Waals surface area contributed by atoms with Gasteiger partial charge in [0.1, 0.15) is 5.82 Å². The lowest BCUT2D eigenvalue weighted by atomic mass is 9.88. The molecule has 2 amide bonds. The van der Waals surface area contributed by atoms with Crippen molar-refractivity contribution in [2.45, 2.75) is 57.5 Å². The molecule has 136 valence electrons. The summed E-state index contributed by atoms with van der Waals surface area (Å²) >= 11 is 0. The molecule has 1 aromatic rings. The van der Waals surface area contributed by atoms with E-state index in [0.717, 1.165) is 38.5 Å². The highest BCUT2D eigenvalue weighted by Crippen LogP contribution is 2.29. The molecule has 6 heteroatoms. The topological polar surface area (TPSA) is 78.4 Å². The van der Waals surface area contributed by atoms with Gasteiger partial charge in [-0.25, -0.2) is 4.39 Å². The van der Waals surface area contributed by atoms with Crippen molar-refractivity contribution in [3.8, 4) is 0 Å². The number of anilines is 2. The Labute approximate surface area is 147 Å². The summed E-state index contributed by atoms with van der Waals surface area (Å²) in [5.41, 5.74) is 0.504. The largest absolute Gasteiger partial charge is 0.392 e. The molecule has 0 saturated heterocycles. The smallest absolute Gasteiger partial charge is 0.230 e. The minimum Gasteiger partial charge on any atom is -0.392 e. The number of rotatable bonds is 4. The van der Waals surface area contributed by atoms with Crippen molar-refractivity contribution in [3.63, 3.8) is 0 Å². The summed E-state index contributed by atoms with van der Waals surface area (Å²) in [7, 11) is 0. The van der Waals surface area contributed by atoms with Gasteiger partial charge in [0.15, 0.2) is 0 Å². The van der Waals surface area contributed by atoms with Crippen LogP contribution in [0.15, 0.2) is 18.2 Å². The zero-order chi connectivity index (χ0) is 17.8. The van der Waals surface area contributed by atoms with Crippen LogP contribution in [0, 0.1) is 17.7 Å². The number of hydrogen-bond acceptors (Lipinski definition) is 3. The second kappa shape index (κ2) is 7.95. The lowest BCUT2D eigenvalue weighted by Gasteiger charge is -2.21. The van der Waals surface area contributed by atoms with Crippen LogP contribution in [0.25, 0.3) is 0 Å². The molecule has 0 radical (unpaired) electrons. The Morgan fingerprint density at radius 1 is 0.960 bits per heavy atom. The number of halogens is 1. The minimum absolute atomic E-state index is 0.0694. The molecule has 1 aromatic carbocycles. The van der Waals surface area contributed by atoms with Gasteiger partial charge >= 0.3 is 0 Å². The zero-order valence-electron chi connectivity index (χ0n) is 14.3. The average Bonchev–Trinajstić information content (AvgIpc) is 3.04. The van der Waals surface area contributed by atoms with E-state index in [2.05, 4.69) is 10.6 Å². The molecule has 25 heavy (non-hydrogen) atoms. The number of aliphatic hydroxyl groups excluding tert-OH is 1. The maximum absolute atomic E-state index is 14.0. The molecular weight excluding hydrogens is 323 g/mol. The van der Waals surface area contributed by atoms with Crippen LogP contribution in [0.2, 0.25) is 0 Å². The standard InChI is InChI=1S/C19H25FN2O3/c20-15-10-9-13(21-19(25)14-7-4-8-17(14)23)11-16(15)22-18(24)12-5-2-1-3-6-12/h9-12,14,17,23H,1-8H2,(H,21,25)(H,22,24). The van der Waals surface area contributed by atoms with Crippen molar-refractivity contribution in [2.75, 3.05) is 10.6 Å². The summed E-state index contributed by atoms with van der Waals surface area (Å²) in [6, 6.07) is 4.14. The molecule has 2 atom stereocenters. The van der Waals surface area contributed by atoms with Crippen molar-refractivity contribution in [3.05, 3.63) is 24.0 Å². The van der Waals surface area contributed by atoms with Gasteiger partial charge in [-0.15, -0.1) is 0 Å². The van der Waals surface area contributed by atoms with Gasteiger partial charge in [-0.1, -0.05) is 19.3 Å². The van der Waals surface area contributed by atoms with Gasteiger partial charge in [-0.2, -0.15) is 0 Å². The molecular formula is C19H25FN2O3. The molecule has 0 aliphatic heterocycles. The van der Waals surface area contributed by atoms with E-state index in [0.29, 0.717) is 18.5 Å². The molecule has 0 heterocycles. The van der Waals surface area contributed by atoms with Gasteiger partial charge in [0.25, 0.3) is 0 Å². The third kappa shape index (κ3) is 4.37. The predicted octanol–water partition coefficient (Wildman–Crippen LogP) is 3.44. The fourth-order valence-electron chi connectivity index (χ4n) is 3.78. The maximum atomic E-state index is 14.0. The number of benzene rings is 1. The highest BCUT2D eigenvalue weighted by Gasteiger charge is 2.31. The first-order chi connectivity index (χ1) is 12.0. The Balaban J connectivity index is 1.65. The molecule has 3 rings (SSSR count). The van der Waals surface area contributed by atoms with Crippen molar-refractivity contribution in [2.24, 2.45) is 11.8 Å². The fraction of sp³-hybridized carbons (Fsp3) is 0.579. The normalized spacial score (nSPS) is 24.1. The first-order valence-electron chi connectivity index (χ1n) is 9.14. The maximum Gasteiger partial charge on any atom is 0.230 e. The number of carbonyl (C=O) groups excluding carboxylic acids is 2. The molecule has 2 unspecified atom stereocenters. The summed E-state index contributed by atoms with van der Waals surface area (Å²) in [6.07, 6.45) is 6.36. The Morgan fingerprint density at radius 3 is 2.40 bits per heavy atom. The van der Waals surface area contributed by atoms with E-state index >= 15 is 0 Å². The third-order valence-electron chi connectivity index (χ3n) is 5.28. The number of hydrogen-bond donors (Lipinski definition) is 3. The van der Waals surface area contributed by atoms with Crippen LogP contribution in [-0.2, 0) is 9.59 Å². The van der Waals surface area contributed by atoms with Crippen molar-refractivity contribution < 1.29 is 19.1 Å². The first-order valence-corrected chi connectivity index (χ1v) is 9.14. The monoisotopic (exact) mass is 348 g/mol. The van der Waals surface area contributed by atoms with Crippen LogP contribution in [0.4, 0.5) is 15.8 Å². The van der Waals surface area contributed by atoms with E-state index in [9.17, 15) is 19.1 Å². The molecule has 5 nitrogen and oxygen atoms in total. The highest BCUT2D eigenvalue weighted by molar-refractivity contribution is 5.96. The van der Waals surface area contributed by atoms with Gasteiger partial charge in [-0.05, 0) is 50.3 Å². The summed E-state index contributed by atoms with van der Waals surface area (Å²) in [5.74, 6) is -1.44. The Kier molecular flexibility index (Phi) is 5.68. The number of amides is 2. The fourth-order valence-corrected chi connectivity index (χ4v) is 3.78. The van der Waals surface area contributed by atoms with Crippen LogP contribution >= 0.6 is 0 Å². The number of aliphatic hydroxyl groups is 1. The van der Waals surface area contributed by atoms with E-state index in [1.807, 2.05) is 0 Å². The molecule has 0 bridgehead atoms. The van der Waals surface area contributed by atoms with Crippen LogP contribution in [-0.4, -0.2) is 23.0 Å². The van der Waals surface area contributed by atoms with E-state index in [-0.39, 0.29) is 23.4 Å². The van der Waals surface area contributed by atoms with Gasteiger partial charge in [0.05, 0.1) is 17.7 Å². The van der Waals surface area contributed by atoms with Gasteiger partial charge < -0.3 is 15.7 Å². The molecule has 2 aliphatic rings. The van der Waals surface area contributed by atoms with E-state index < -0.39 is 17.8 Å². The van der Waals surface area contributed by atoms with Gasteiger partial charge in [-0.3, -0.25) is 9.59 Å². The van der Waals surface area contributed by atoms with Crippen LogP contribution in [0.5, 0.6) is 0 Å². The molecule has 0 spiro atoms. The van der Waals surface area contributed by atoms with E-state index in [1.165, 1.54) is 18.2 Å². The average molecular weight is 348 g/mol. The zero-order valence-corrected chi connectivity index (χ0v) is 14.3. The molecule has 2 aliphatic carbocycles. The van der Waals surface area contributed by atoms with E-state index in [4.69, 9.17) is 0 Å². The van der Waals surface area contributed by atoms with Gasteiger partial charge in [0, 0.05) is 11.6 Å². The number of nitrogens with one attached hydrogen (secondary N) is 2. The molecule has 2 fully saturated rings. The minimum atomic E-state index is -0.620. The third-order valence-corrected chi connectivity index (χ3v) is 5.28. The van der Waals surface area contributed by atoms with Crippen LogP contribution in [0.1, 0.15) is 51.4 Å². The summed E-state index contributed by atoms with van der Waals surface area (Å²) in [6.45, 7) is 0. The van der Waals surface area contributed by atoms with Crippen LogP contribution in [0.3, 0.4) is 0 Å². The molecule has 2 saturated carbocycles. The lowest BCUT2D eigenvalue weighted by Crippen LogP contribution is -2.29. The number of carbonyl (C=O) groups is 2. The second-order valence-electron chi connectivity index (χ2n) is 7.11. The SMILES string of the molecule is O=C(Nc1cc(NC(=O)C2CCCC2O)ccc1F)C1CCCCC1. The van der Waals surface area contributed by atoms with Crippen molar-refractivity contribution in [1.82, 2.24) is 0 Å². The highest BCUT2D eigenvalue weighted by atomic mass is 19.1. The van der Waals surface area contributed by atoms with Crippen LogP contribution < -0.4 is 10.6 Å². The second-order valence-corrected chi connectivity index (χ2v) is 7.11. The Morgan fingerprint density at radius 2 is 1.72 bits per heavy atom. The summed E-state index contributed by atoms with van der Waals surface area (Å²) in [4.78, 5) is 24.5. The molecule has 3 N–H and O–H groups in total. The van der Waals surface area contributed by atoms with Crippen molar-refractivity contribution in [1.29, 1.82) is 0 Å².